The largest absolute Gasteiger partial charge is 0.329 e. The van der Waals surface area contributed by atoms with E-state index in [2.05, 4.69) is 114 Å². The summed E-state index contributed by atoms with van der Waals surface area (Å²) in [6.45, 7) is 2.84. The molecule has 2 aliphatic rings. The average molecular weight is 499 g/mol. The third-order valence-corrected chi connectivity index (χ3v) is 8.03. The first-order valence-corrected chi connectivity index (χ1v) is 11.7. The number of fused-ring (bicyclic) bond motifs is 10. The number of rotatable bonds is 2. The van der Waals surface area contributed by atoms with Crippen LogP contribution in [0.5, 0.6) is 0 Å². The maximum absolute atomic E-state index is 6.13. The Morgan fingerprint density at radius 2 is 1.37 bits per heavy atom. The molecule has 2 unspecified atom stereocenters. The normalized spacial score (nSPS) is 18.6. The van der Waals surface area contributed by atoms with E-state index < -0.39 is 0 Å². The van der Waals surface area contributed by atoms with Gasteiger partial charge in [0.05, 0.1) is 5.41 Å². The minimum atomic E-state index is -0.259. The van der Waals surface area contributed by atoms with E-state index in [0.29, 0.717) is 6.54 Å². The molecule has 0 aliphatic heterocycles. The molecule has 6 rings (SSSR count). The third kappa shape index (κ3) is 2.16. The van der Waals surface area contributed by atoms with Gasteiger partial charge in [0.25, 0.3) is 0 Å². The number of nitrogens with two attached hydrogens (primary N) is 1. The second-order valence-corrected chi connectivity index (χ2v) is 9.87. The van der Waals surface area contributed by atoms with Crippen molar-refractivity contribution in [3.63, 3.8) is 0 Å². The van der Waals surface area contributed by atoms with Crippen LogP contribution in [0.2, 0.25) is 0 Å². The lowest BCUT2D eigenvalue weighted by Crippen LogP contribution is -2.26. The van der Waals surface area contributed by atoms with E-state index in [-0.39, 0.29) is 9.34 Å². The van der Waals surface area contributed by atoms with Gasteiger partial charge in [0.1, 0.15) is 0 Å². The number of hydrogen-bond acceptors (Lipinski definition) is 1. The highest BCUT2D eigenvalue weighted by Gasteiger charge is 2.52. The Hall–Kier alpha value is -2.43. The fourth-order valence-corrected chi connectivity index (χ4v) is 6.24. The number of benzene rings is 4. The summed E-state index contributed by atoms with van der Waals surface area (Å²) in [6, 6.07) is 31.7. The van der Waals surface area contributed by atoms with Crippen molar-refractivity contribution >= 4 is 22.6 Å². The molecule has 0 saturated heterocycles. The Balaban J connectivity index is 1.83. The van der Waals surface area contributed by atoms with Crippen LogP contribution in [0.3, 0.4) is 0 Å². The molecule has 0 amide bonds. The average Bonchev–Trinajstić information content (AvgIpc) is 3.25. The van der Waals surface area contributed by atoms with Gasteiger partial charge < -0.3 is 5.73 Å². The van der Waals surface area contributed by atoms with E-state index in [9.17, 15) is 0 Å². The van der Waals surface area contributed by atoms with Gasteiger partial charge in [-0.3, -0.25) is 0 Å². The second-order valence-electron chi connectivity index (χ2n) is 8.36. The quantitative estimate of drug-likeness (QED) is 0.207. The van der Waals surface area contributed by atoms with Gasteiger partial charge in [-0.05, 0) is 57.0 Å². The summed E-state index contributed by atoms with van der Waals surface area (Å²) in [5, 5.41) is 0. The fraction of sp³-hybridized carbons (Fsp3) is 0.143. The lowest BCUT2D eigenvalue weighted by molar-refractivity contribution is 0.791. The van der Waals surface area contributed by atoms with Gasteiger partial charge in [-0.25, -0.2) is 0 Å². The molecule has 30 heavy (non-hydrogen) atoms. The van der Waals surface area contributed by atoms with Crippen molar-refractivity contribution in [1.29, 1.82) is 0 Å². The van der Waals surface area contributed by atoms with Gasteiger partial charge in [0.15, 0.2) is 0 Å². The summed E-state index contributed by atoms with van der Waals surface area (Å²) in [5.74, 6) is 0. The number of alkyl halides is 1. The molecule has 146 valence electrons. The monoisotopic (exact) mass is 499 g/mol. The second kappa shape index (κ2) is 6.53. The van der Waals surface area contributed by atoms with Crippen LogP contribution in [0.4, 0.5) is 0 Å². The van der Waals surface area contributed by atoms with E-state index in [1.165, 1.54) is 55.6 Å². The molecule has 4 aromatic carbocycles. The molecule has 0 radical (unpaired) electrons. The Kier molecular flexibility index (Phi) is 4.00. The summed E-state index contributed by atoms with van der Waals surface area (Å²) >= 11 is 2.50. The lowest BCUT2D eigenvalue weighted by Gasteiger charge is -2.31. The third-order valence-electron chi connectivity index (χ3n) is 6.85. The van der Waals surface area contributed by atoms with Crippen LogP contribution >= 0.6 is 22.6 Å². The highest BCUT2D eigenvalue weighted by atomic mass is 127. The highest BCUT2D eigenvalue weighted by Crippen LogP contribution is 2.63. The standard InChI is InChI=1S/C28H22IN/c1-17-13-14-19-18-7-2-4-10-22(18)28(25(19)15-17)23-11-5-3-8-20(23)27-21(26(29)16-30)9-6-12-24(27)28/h2-15,26H,16,30H2,1H3. The van der Waals surface area contributed by atoms with E-state index in [1.54, 1.807) is 0 Å². The number of hydrogen-bond donors (Lipinski definition) is 1. The van der Waals surface area contributed by atoms with E-state index >= 15 is 0 Å². The van der Waals surface area contributed by atoms with E-state index in [0.717, 1.165) is 0 Å². The zero-order chi connectivity index (χ0) is 20.5. The Morgan fingerprint density at radius 3 is 2.13 bits per heavy atom. The Morgan fingerprint density at radius 1 is 0.733 bits per heavy atom. The minimum Gasteiger partial charge on any atom is -0.329 e. The van der Waals surface area contributed by atoms with Crippen LogP contribution < -0.4 is 5.73 Å². The maximum atomic E-state index is 6.13. The summed E-state index contributed by atoms with van der Waals surface area (Å²) in [6.07, 6.45) is 0. The van der Waals surface area contributed by atoms with Crippen LogP contribution in [-0.4, -0.2) is 6.54 Å². The number of aryl methyl sites for hydroxylation is 1. The Bertz CT molecular complexity index is 1320. The van der Waals surface area contributed by atoms with Crippen LogP contribution in [0.1, 0.15) is 37.3 Å². The van der Waals surface area contributed by atoms with Crippen molar-refractivity contribution in [2.24, 2.45) is 5.73 Å². The predicted molar refractivity (Wildman–Crippen MR) is 133 cm³/mol. The van der Waals surface area contributed by atoms with Crippen molar-refractivity contribution < 1.29 is 0 Å². The van der Waals surface area contributed by atoms with Gasteiger partial charge in [-0.2, -0.15) is 0 Å². The minimum absolute atomic E-state index is 0.259. The summed E-state index contributed by atoms with van der Waals surface area (Å²) < 4.78 is 0.286. The van der Waals surface area contributed by atoms with E-state index in [4.69, 9.17) is 5.73 Å². The van der Waals surface area contributed by atoms with Crippen molar-refractivity contribution in [3.05, 3.63) is 118 Å². The summed E-state index contributed by atoms with van der Waals surface area (Å²) in [5.41, 5.74) is 19.5. The maximum Gasteiger partial charge on any atom is 0.0725 e. The predicted octanol–water partition coefficient (Wildman–Crippen LogP) is 6.77. The molecule has 2 aliphatic carbocycles. The molecule has 2 N–H and O–H groups in total. The van der Waals surface area contributed by atoms with Crippen molar-refractivity contribution in [2.45, 2.75) is 16.3 Å². The molecule has 1 nitrogen and oxygen atoms in total. The van der Waals surface area contributed by atoms with Crippen LogP contribution in [0.25, 0.3) is 22.3 Å². The molecule has 0 bridgehead atoms. The van der Waals surface area contributed by atoms with Gasteiger partial charge in [-0.1, -0.05) is 113 Å². The molecule has 0 heterocycles. The van der Waals surface area contributed by atoms with Gasteiger partial charge in [0, 0.05) is 10.5 Å². The summed E-state index contributed by atoms with van der Waals surface area (Å²) in [4.78, 5) is 0. The molecule has 1 spiro atoms. The molecular weight excluding hydrogens is 477 g/mol. The topological polar surface area (TPSA) is 26.0 Å². The fourth-order valence-electron chi connectivity index (χ4n) is 5.72. The van der Waals surface area contributed by atoms with Gasteiger partial charge in [0.2, 0.25) is 0 Å². The molecule has 0 fully saturated rings. The number of halogens is 1. The molecule has 2 heteroatoms. The van der Waals surface area contributed by atoms with Crippen molar-refractivity contribution in [1.82, 2.24) is 0 Å². The zero-order valence-electron chi connectivity index (χ0n) is 16.8. The molecular formula is C28H22IN. The van der Waals surface area contributed by atoms with Gasteiger partial charge >= 0.3 is 0 Å². The molecule has 0 saturated carbocycles. The smallest absolute Gasteiger partial charge is 0.0725 e. The van der Waals surface area contributed by atoms with Gasteiger partial charge in [-0.15, -0.1) is 0 Å². The molecule has 4 aromatic rings. The first-order valence-electron chi connectivity index (χ1n) is 10.5. The van der Waals surface area contributed by atoms with Crippen molar-refractivity contribution in [2.75, 3.05) is 6.54 Å². The molecule has 0 aromatic heterocycles. The van der Waals surface area contributed by atoms with E-state index in [1.807, 2.05) is 0 Å². The van der Waals surface area contributed by atoms with Crippen molar-refractivity contribution in [3.8, 4) is 22.3 Å². The summed E-state index contributed by atoms with van der Waals surface area (Å²) in [7, 11) is 0. The van der Waals surface area contributed by atoms with Crippen LogP contribution in [0, 0.1) is 6.92 Å². The SMILES string of the molecule is Cc1ccc2c(c1)C1(c3ccccc3-2)c2ccccc2-c2c(C(I)CN)cccc21. The highest BCUT2D eigenvalue weighted by molar-refractivity contribution is 14.1. The lowest BCUT2D eigenvalue weighted by atomic mass is 9.70. The zero-order valence-corrected chi connectivity index (χ0v) is 19.0. The first-order chi connectivity index (χ1) is 14.7. The molecule has 2 atom stereocenters. The van der Waals surface area contributed by atoms with Crippen LogP contribution in [-0.2, 0) is 5.41 Å². The van der Waals surface area contributed by atoms with Crippen LogP contribution in [0.15, 0.2) is 84.9 Å². The first kappa shape index (κ1) is 18.3. The Labute approximate surface area is 191 Å².